The summed E-state index contributed by atoms with van der Waals surface area (Å²) in [5.41, 5.74) is 6.48. The van der Waals surface area contributed by atoms with Gasteiger partial charge in [-0.3, -0.25) is 0 Å². The first-order valence-electron chi connectivity index (χ1n) is 9.38. The highest BCUT2D eigenvalue weighted by Gasteiger charge is 2.52. The number of rotatable bonds is 5. The SMILES string of the molecule is CC(Oc1cc(B2OC(C)(C)C(C)(C)O2)cnc1N)c1cccc(S(C)(=O)=O)c1. The summed E-state index contributed by atoms with van der Waals surface area (Å²) in [4.78, 5) is 4.46. The smallest absolute Gasteiger partial charge is 0.482 e. The zero-order valence-electron chi connectivity index (χ0n) is 17.6. The standard InChI is InChI=1S/C20H27BN2O5S/c1-13(14-8-7-9-16(10-14)29(6,24)25)26-17-11-15(12-23-18(17)22)21-27-19(2,3)20(4,5)28-21/h7-13H,1-6H3,(H2,22,23). The van der Waals surface area contributed by atoms with Gasteiger partial charge in [-0.15, -0.1) is 0 Å². The summed E-state index contributed by atoms with van der Waals surface area (Å²) in [6.45, 7) is 9.73. The molecule has 1 unspecified atom stereocenters. The average molecular weight is 418 g/mol. The average Bonchev–Trinajstić information content (AvgIpc) is 2.84. The van der Waals surface area contributed by atoms with Crippen molar-refractivity contribution in [3.05, 3.63) is 42.1 Å². The van der Waals surface area contributed by atoms with Crippen LogP contribution < -0.4 is 15.9 Å². The van der Waals surface area contributed by atoms with Gasteiger partial charge < -0.3 is 19.8 Å². The number of aromatic nitrogens is 1. The molecule has 0 spiro atoms. The zero-order valence-corrected chi connectivity index (χ0v) is 18.4. The minimum Gasteiger partial charge on any atom is -0.482 e. The molecule has 0 bridgehead atoms. The number of ether oxygens (including phenoxy) is 1. The molecule has 9 heteroatoms. The minimum atomic E-state index is -3.31. The van der Waals surface area contributed by atoms with Crippen molar-refractivity contribution >= 4 is 28.2 Å². The first kappa shape index (κ1) is 21.6. The number of nitrogen functional groups attached to an aromatic ring is 1. The fraction of sp³-hybridized carbons (Fsp3) is 0.450. The van der Waals surface area contributed by atoms with Gasteiger partial charge in [0, 0.05) is 17.9 Å². The zero-order chi connectivity index (χ0) is 21.6. The van der Waals surface area contributed by atoms with Gasteiger partial charge in [0.2, 0.25) is 0 Å². The largest absolute Gasteiger partial charge is 0.496 e. The molecule has 2 aromatic rings. The van der Waals surface area contributed by atoms with Crippen molar-refractivity contribution in [1.82, 2.24) is 4.98 Å². The Kier molecular flexibility index (Phi) is 5.44. The predicted octanol–water partition coefficient (Wildman–Crippen LogP) is 2.51. The highest BCUT2D eigenvalue weighted by molar-refractivity contribution is 7.90. The second-order valence-corrected chi connectivity index (χ2v) is 10.4. The Morgan fingerprint density at radius 2 is 1.76 bits per heavy atom. The van der Waals surface area contributed by atoms with Crippen LogP contribution in [0.5, 0.6) is 5.75 Å². The quantitative estimate of drug-likeness (QED) is 0.745. The third-order valence-corrected chi connectivity index (χ3v) is 6.60. The van der Waals surface area contributed by atoms with E-state index in [1.54, 1.807) is 36.5 Å². The maximum Gasteiger partial charge on any atom is 0.496 e. The highest BCUT2D eigenvalue weighted by atomic mass is 32.2. The van der Waals surface area contributed by atoms with Gasteiger partial charge in [0.25, 0.3) is 0 Å². The Morgan fingerprint density at radius 1 is 1.14 bits per heavy atom. The molecule has 0 saturated carbocycles. The molecule has 2 heterocycles. The van der Waals surface area contributed by atoms with E-state index in [1.165, 1.54) is 6.26 Å². The van der Waals surface area contributed by atoms with Gasteiger partial charge in [0.15, 0.2) is 21.4 Å². The summed E-state index contributed by atoms with van der Waals surface area (Å²) in [6, 6.07) is 8.40. The lowest BCUT2D eigenvalue weighted by Crippen LogP contribution is -2.41. The monoisotopic (exact) mass is 418 g/mol. The summed E-state index contributed by atoms with van der Waals surface area (Å²) in [5.74, 6) is 0.617. The van der Waals surface area contributed by atoms with Crippen LogP contribution in [0.3, 0.4) is 0 Å². The van der Waals surface area contributed by atoms with Crippen molar-refractivity contribution in [2.45, 2.75) is 56.8 Å². The normalized spacial score (nSPS) is 19.2. The third kappa shape index (κ3) is 4.41. The van der Waals surface area contributed by atoms with Crippen molar-refractivity contribution in [2.24, 2.45) is 0 Å². The van der Waals surface area contributed by atoms with Crippen LogP contribution in [0.1, 0.15) is 46.3 Å². The highest BCUT2D eigenvalue weighted by Crippen LogP contribution is 2.37. The number of hydrogen-bond donors (Lipinski definition) is 1. The van der Waals surface area contributed by atoms with Crippen LogP contribution in [0, 0.1) is 0 Å². The summed E-state index contributed by atoms with van der Waals surface area (Å²) in [5, 5.41) is 0. The summed E-state index contributed by atoms with van der Waals surface area (Å²) in [6.07, 6.45) is 2.35. The van der Waals surface area contributed by atoms with E-state index in [-0.39, 0.29) is 10.7 Å². The predicted molar refractivity (Wildman–Crippen MR) is 113 cm³/mol. The van der Waals surface area contributed by atoms with E-state index in [1.807, 2.05) is 34.6 Å². The van der Waals surface area contributed by atoms with Gasteiger partial charge >= 0.3 is 7.12 Å². The number of nitrogens with zero attached hydrogens (tertiary/aromatic N) is 1. The molecule has 0 amide bonds. The van der Waals surface area contributed by atoms with E-state index in [4.69, 9.17) is 19.8 Å². The van der Waals surface area contributed by atoms with Crippen LogP contribution in [0.25, 0.3) is 0 Å². The molecule has 1 fully saturated rings. The van der Waals surface area contributed by atoms with Gasteiger partial charge in [-0.25, -0.2) is 13.4 Å². The molecular formula is C20H27BN2O5S. The van der Waals surface area contributed by atoms with Crippen LogP contribution in [-0.2, 0) is 19.1 Å². The van der Waals surface area contributed by atoms with Crippen LogP contribution in [0.2, 0.25) is 0 Å². The fourth-order valence-corrected chi connectivity index (χ4v) is 3.61. The molecule has 1 aliphatic rings. The van der Waals surface area contributed by atoms with Crippen molar-refractivity contribution in [3.8, 4) is 5.75 Å². The first-order chi connectivity index (χ1) is 13.3. The second-order valence-electron chi connectivity index (χ2n) is 8.35. The Balaban J connectivity index is 1.85. The lowest BCUT2D eigenvalue weighted by atomic mass is 9.80. The molecule has 29 heavy (non-hydrogen) atoms. The van der Waals surface area contributed by atoms with Crippen molar-refractivity contribution in [1.29, 1.82) is 0 Å². The van der Waals surface area contributed by atoms with E-state index in [9.17, 15) is 8.42 Å². The minimum absolute atomic E-state index is 0.233. The summed E-state index contributed by atoms with van der Waals surface area (Å²) < 4.78 is 41.8. The molecule has 0 radical (unpaired) electrons. The number of nitrogens with two attached hydrogens (primary N) is 1. The third-order valence-electron chi connectivity index (χ3n) is 5.49. The molecule has 0 aliphatic carbocycles. The molecule has 156 valence electrons. The van der Waals surface area contributed by atoms with E-state index in [0.717, 1.165) is 0 Å². The van der Waals surface area contributed by atoms with Gasteiger partial charge in [-0.05, 0) is 58.4 Å². The number of hydrogen-bond acceptors (Lipinski definition) is 7. The lowest BCUT2D eigenvalue weighted by molar-refractivity contribution is 0.00578. The maximum atomic E-state index is 11.8. The Bertz CT molecular complexity index is 1010. The summed E-state index contributed by atoms with van der Waals surface area (Å²) >= 11 is 0. The molecule has 1 atom stereocenters. The van der Waals surface area contributed by atoms with Crippen molar-refractivity contribution < 1.29 is 22.5 Å². The number of anilines is 1. The van der Waals surface area contributed by atoms with Crippen LogP contribution in [-0.4, -0.2) is 38.0 Å². The second kappa shape index (κ2) is 7.30. The van der Waals surface area contributed by atoms with Crippen LogP contribution >= 0.6 is 0 Å². The molecule has 1 aliphatic heterocycles. The first-order valence-corrected chi connectivity index (χ1v) is 11.3. The maximum absolute atomic E-state index is 11.8. The van der Waals surface area contributed by atoms with E-state index in [2.05, 4.69) is 4.98 Å². The molecule has 2 N–H and O–H groups in total. The van der Waals surface area contributed by atoms with Gasteiger partial charge in [0.05, 0.1) is 16.1 Å². The molecule has 3 rings (SSSR count). The van der Waals surface area contributed by atoms with Crippen LogP contribution in [0.15, 0.2) is 41.4 Å². The number of pyridine rings is 1. The topological polar surface area (TPSA) is 101 Å². The number of sulfone groups is 1. The van der Waals surface area contributed by atoms with Crippen molar-refractivity contribution in [3.63, 3.8) is 0 Å². The Morgan fingerprint density at radius 3 is 2.34 bits per heavy atom. The van der Waals surface area contributed by atoms with E-state index >= 15 is 0 Å². The van der Waals surface area contributed by atoms with Gasteiger partial charge in [-0.1, -0.05) is 12.1 Å². The molecular weight excluding hydrogens is 391 g/mol. The van der Waals surface area contributed by atoms with Crippen LogP contribution in [0.4, 0.5) is 5.82 Å². The lowest BCUT2D eigenvalue weighted by Gasteiger charge is -2.32. The molecule has 1 aromatic carbocycles. The van der Waals surface area contributed by atoms with Gasteiger partial charge in [0.1, 0.15) is 6.10 Å². The Hall–Kier alpha value is -2.10. The molecule has 1 saturated heterocycles. The van der Waals surface area contributed by atoms with Crippen molar-refractivity contribution in [2.75, 3.05) is 12.0 Å². The van der Waals surface area contributed by atoms with Gasteiger partial charge in [-0.2, -0.15) is 0 Å². The Labute approximate surface area is 172 Å². The van der Waals surface area contributed by atoms with E-state index < -0.39 is 34.3 Å². The molecule has 7 nitrogen and oxygen atoms in total. The number of benzene rings is 1. The van der Waals surface area contributed by atoms with E-state index in [0.29, 0.717) is 16.8 Å². The fourth-order valence-electron chi connectivity index (χ4n) is 2.93. The molecule has 1 aromatic heterocycles. The summed E-state index contributed by atoms with van der Waals surface area (Å²) in [7, 11) is -3.89.